The van der Waals surface area contributed by atoms with Crippen molar-refractivity contribution in [3.8, 4) is 28.3 Å². The fourth-order valence-corrected chi connectivity index (χ4v) is 7.96. The number of hydrogen-bond donors (Lipinski definition) is 11. The number of halogens is 3. The molecule has 0 atom stereocenters. The summed E-state index contributed by atoms with van der Waals surface area (Å²) in [7, 11) is 0.501. The van der Waals surface area contributed by atoms with Crippen molar-refractivity contribution in [3.05, 3.63) is 274 Å². The van der Waals surface area contributed by atoms with Crippen molar-refractivity contribution in [1.29, 1.82) is 0 Å². The van der Waals surface area contributed by atoms with Gasteiger partial charge in [0, 0.05) is 76.8 Å². The van der Waals surface area contributed by atoms with E-state index in [1.165, 1.54) is 71.8 Å². The third kappa shape index (κ3) is 30.3. The molecule has 23 nitrogen and oxygen atoms in total. The minimum absolute atomic E-state index is 0. The predicted octanol–water partition coefficient (Wildman–Crippen LogP) is 13.2. The Balaban J connectivity index is 0.000000256. The maximum Gasteiger partial charge on any atom is 0.569 e. The smallest absolute Gasteiger partial charge is 0.537 e. The average Bonchev–Trinajstić information content (AvgIpc) is 1.34. The predicted molar refractivity (Wildman–Crippen MR) is 384 cm³/mol. The number of anilines is 7. The number of benzene rings is 7. The number of nitrogens with two attached hydrogens (primary N) is 2. The Bertz CT molecular complexity index is 4140. The molecule has 11 aromatic rings. The van der Waals surface area contributed by atoms with Gasteiger partial charge < -0.3 is 62.8 Å². The lowest BCUT2D eigenvalue weighted by atomic mass is 10.1. The lowest BCUT2D eigenvalue weighted by Gasteiger charge is -2.09. The van der Waals surface area contributed by atoms with E-state index in [9.17, 15) is 14.4 Å². The molecule has 501 valence electrons. The molecule has 0 aliphatic heterocycles. The Morgan fingerprint density at radius 3 is 1.20 bits per heavy atom. The standard InChI is InChI=1S/C20H20N4O2.C18H15N3O2.C11H10ClN3.C7H6BO4.C7H9N.C4H2Cl2N2.C2H7NO.CH4/c1-14-5-7-17(8-6-14)24-19-12-18(22-13-23-19)15-3-2-4-16(11-15)20(26)21-9-10-25;1-12-5-7-15(8-6-12)21-17-10-16(19-11-20-17)13-3-2-4-14(9-13)18(22)23;1-8-2-4-9(5-3-8)15-11-6-10(12)13-7-14-11;9-7(10)5-2-1-3-6(4-5)12-8-11;1-6-2-4-7(8)5-3-6;5-3-1-4(6)8-2-7-3;3-1-2-4;/h2-8,11-13,25H,9-10H2,1H3,(H,21,26)(H,22,23,24);2-11H,1H3,(H,22,23)(H,19,20,21);2-7H,1H3,(H,13,14,15);1-4,11H,(H,9,10);2-5H,8H2,1H3;1-2H;4H,1-3H2;1H4. The van der Waals surface area contributed by atoms with Crippen molar-refractivity contribution in [3.63, 3.8) is 0 Å². The summed E-state index contributed by atoms with van der Waals surface area (Å²) in [4.78, 5) is 65.6. The SMILES string of the molecule is C.Cc1ccc(N)cc1.Cc1ccc(Nc2cc(-c3cccc(C(=O)NCCO)c3)ncn2)cc1.Cc1ccc(Nc2cc(-c3cccc(C(=O)O)c3)ncn2)cc1.Cc1ccc(Nc2cc(Cl)ncn2)cc1.Clc1cc(Cl)ncn1.NCCO.O=C(O)c1cccc(O[B]O)c1. The van der Waals surface area contributed by atoms with Gasteiger partial charge in [0.1, 0.15) is 64.0 Å². The second-order valence-electron chi connectivity index (χ2n) is 19.9. The van der Waals surface area contributed by atoms with Gasteiger partial charge in [0.2, 0.25) is 0 Å². The summed E-state index contributed by atoms with van der Waals surface area (Å²) in [5, 5.41) is 55.9. The molecule has 0 fully saturated rings. The molecule has 0 aliphatic carbocycles. The van der Waals surface area contributed by atoms with Gasteiger partial charge in [-0.05, 0) is 119 Å². The number of aryl methyl sites for hydroxylation is 4. The largest absolute Gasteiger partial charge is 0.569 e. The molecule has 11 rings (SSSR count). The first-order chi connectivity index (χ1) is 46.2. The van der Waals surface area contributed by atoms with Gasteiger partial charge in [-0.3, -0.25) is 4.79 Å². The van der Waals surface area contributed by atoms with E-state index in [1.54, 1.807) is 54.6 Å². The Labute approximate surface area is 578 Å². The topological polar surface area (TPSA) is 365 Å². The molecular weight excluding hydrogens is 1300 g/mol. The number of aliphatic hydroxyl groups is 2. The summed E-state index contributed by atoms with van der Waals surface area (Å²) in [5.41, 5.74) is 22.5. The van der Waals surface area contributed by atoms with E-state index < -0.39 is 11.9 Å². The highest BCUT2D eigenvalue weighted by Gasteiger charge is 2.11. The number of nitrogens with zero attached hydrogens (tertiary/aromatic N) is 8. The van der Waals surface area contributed by atoms with Crippen LogP contribution < -0.4 is 37.4 Å². The molecule has 0 spiro atoms. The number of aliphatic hydroxyl groups excluding tert-OH is 2. The molecule has 1 amide bonds. The monoisotopic (exact) mass is 1370 g/mol. The summed E-state index contributed by atoms with van der Waals surface area (Å²) >= 11 is 16.6. The zero-order chi connectivity index (χ0) is 69.6. The summed E-state index contributed by atoms with van der Waals surface area (Å²) < 4.78 is 4.56. The Kier molecular flexibility index (Phi) is 34.9. The second-order valence-corrected chi connectivity index (χ2v) is 21.0. The average molecular weight is 1370 g/mol. The number of hydrogen-bond acceptors (Lipinski definition) is 20. The van der Waals surface area contributed by atoms with Gasteiger partial charge in [0.15, 0.2) is 0 Å². The quantitative estimate of drug-likeness (QED) is 0.0243. The lowest BCUT2D eigenvalue weighted by molar-refractivity contribution is 0.0686. The maximum absolute atomic E-state index is 12.1. The molecule has 1 radical (unpaired) electrons. The highest BCUT2D eigenvalue weighted by molar-refractivity contribution is 6.33. The van der Waals surface area contributed by atoms with Gasteiger partial charge >= 0.3 is 19.6 Å². The molecule has 7 aromatic carbocycles. The van der Waals surface area contributed by atoms with Crippen LogP contribution in [0.3, 0.4) is 0 Å². The third-order valence-electron chi connectivity index (χ3n) is 12.2. The van der Waals surface area contributed by atoms with Gasteiger partial charge in [0.05, 0.1) is 35.7 Å². The molecule has 4 aromatic heterocycles. The van der Waals surface area contributed by atoms with Gasteiger partial charge in [0.25, 0.3) is 5.91 Å². The molecule has 13 N–H and O–H groups in total. The fourth-order valence-electron chi connectivity index (χ4n) is 7.47. The van der Waals surface area contributed by atoms with Crippen LogP contribution in [0.2, 0.25) is 15.5 Å². The first-order valence-electron chi connectivity index (χ1n) is 28.9. The van der Waals surface area contributed by atoms with E-state index >= 15 is 0 Å². The van der Waals surface area contributed by atoms with Crippen LogP contribution in [0.25, 0.3) is 22.5 Å². The van der Waals surface area contributed by atoms with Crippen LogP contribution in [-0.2, 0) is 0 Å². The number of carbonyl (C=O) groups excluding carboxylic acids is 1. The van der Waals surface area contributed by atoms with Gasteiger partial charge in [-0.15, -0.1) is 0 Å². The van der Waals surface area contributed by atoms with Crippen molar-refractivity contribution in [2.24, 2.45) is 5.73 Å². The minimum Gasteiger partial charge on any atom is -0.537 e. The van der Waals surface area contributed by atoms with Crippen LogP contribution in [0.5, 0.6) is 5.75 Å². The fraction of sp³-hybridized carbons (Fsp3) is 0.129. The highest BCUT2D eigenvalue weighted by atomic mass is 35.5. The van der Waals surface area contributed by atoms with E-state index in [4.69, 9.17) is 71.7 Å². The number of carbonyl (C=O) groups is 3. The van der Waals surface area contributed by atoms with E-state index in [2.05, 4.69) is 65.8 Å². The van der Waals surface area contributed by atoms with E-state index in [0.717, 1.165) is 33.9 Å². The van der Waals surface area contributed by atoms with E-state index in [0.29, 0.717) is 64.1 Å². The molecule has 0 bridgehead atoms. The Morgan fingerprint density at radius 2 is 0.825 bits per heavy atom. The van der Waals surface area contributed by atoms with Crippen LogP contribution in [0, 0.1) is 27.7 Å². The highest BCUT2D eigenvalue weighted by Crippen LogP contribution is 2.25. The summed E-state index contributed by atoms with van der Waals surface area (Å²) in [6.45, 7) is 8.76. The third-order valence-corrected chi connectivity index (χ3v) is 12.9. The lowest BCUT2D eigenvalue weighted by Crippen LogP contribution is -2.26. The van der Waals surface area contributed by atoms with Gasteiger partial charge in [-0.1, -0.05) is 143 Å². The summed E-state index contributed by atoms with van der Waals surface area (Å²) in [6, 6.07) is 58.3. The van der Waals surface area contributed by atoms with Crippen LogP contribution in [0.15, 0.2) is 219 Å². The maximum atomic E-state index is 12.1. The molecule has 0 aliphatic rings. The number of carboxylic acid groups (broad SMARTS) is 2. The zero-order valence-corrected chi connectivity index (χ0v) is 54.7. The molecule has 0 saturated carbocycles. The van der Waals surface area contributed by atoms with Crippen molar-refractivity contribution in [2.75, 3.05) is 48.0 Å². The van der Waals surface area contributed by atoms with Crippen LogP contribution >= 0.6 is 34.8 Å². The first-order valence-corrected chi connectivity index (χ1v) is 30.1. The number of nitrogens with one attached hydrogen (secondary N) is 4. The second kappa shape index (κ2) is 43.1. The van der Waals surface area contributed by atoms with Crippen molar-refractivity contribution >= 4 is 101 Å². The van der Waals surface area contributed by atoms with Gasteiger partial charge in [-0.2, -0.15) is 0 Å². The van der Waals surface area contributed by atoms with Crippen molar-refractivity contribution in [2.45, 2.75) is 35.1 Å². The summed E-state index contributed by atoms with van der Waals surface area (Å²) in [6.07, 6.45) is 5.69. The number of carboxylic acids is 2. The normalized spacial score (nSPS) is 9.72. The molecular formula is C70H73BCl3N14O9. The Hall–Kier alpha value is -11.0. The van der Waals surface area contributed by atoms with Crippen LogP contribution in [0.1, 0.15) is 60.8 Å². The number of nitrogen functional groups attached to an aromatic ring is 1. The Morgan fingerprint density at radius 1 is 0.464 bits per heavy atom. The van der Waals surface area contributed by atoms with Crippen LogP contribution in [0.4, 0.5) is 40.2 Å². The number of rotatable bonds is 16. The number of aromatic carboxylic acids is 2. The molecule has 0 unspecified atom stereocenters. The van der Waals surface area contributed by atoms with Crippen molar-refractivity contribution in [1.82, 2.24) is 45.2 Å². The number of aromatic nitrogens is 8. The van der Waals surface area contributed by atoms with E-state index in [1.807, 2.05) is 143 Å². The zero-order valence-electron chi connectivity index (χ0n) is 52.4. The van der Waals surface area contributed by atoms with Gasteiger partial charge in [-0.25, -0.2) is 49.5 Å². The first kappa shape index (κ1) is 78.5. The molecule has 97 heavy (non-hydrogen) atoms. The van der Waals surface area contributed by atoms with E-state index in [-0.39, 0.29) is 50.0 Å². The summed E-state index contributed by atoms with van der Waals surface area (Å²) in [5.74, 6) is 0.0927. The van der Waals surface area contributed by atoms with Crippen molar-refractivity contribution < 1.29 is 44.5 Å². The minimum atomic E-state index is -1.03. The number of amides is 1. The molecule has 27 heteroatoms. The molecule has 4 heterocycles. The van der Waals surface area contributed by atoms with Crippen LogP contribution in [-0.4, -0.2) is 117 Å². The molecule has 0 saturated heterocycles.